The van der Waals surface area contributed by atoms with Crippen molar-refractivity contribution in [3.8, 4) is 0 Å². The number of para-hydroxylation sites is 2. The minimum absolute atomic E-state index is 0.0125. The first kappa shape index (κ1) is 23.6. The first-order valence-corrected chi connectivity index (χ1v) is 12.2. The quantitative estimate of drug-likeness (QED) is 0.343. The zero-order valence-corrected chi connectivity index (χ0v) is 20.4. The third kappa shape index (κ3) is 5.48. The number of carbonyl (C=O) groups excluding carboxylic acids is 2. The molecule has 2 N–H and O–H groups in total. The van der Waals surface area contributed by atoms with Crippen LogP contribution in [0.5, 0.6) is 0 Å². The van der Waals surface area contributed by atoms with Gasteiger partial charge in [0.2, 0.25) is 0 Å². The van der Waals surface area contributed by atoms with Crippen molar-refractivity contribution in [1.29, 1.82) is 0 Å². The normalized spacial score (nSPS) is 11.1. The summed E-state index contributed by atoms with van der Waals surface area (Å²) in [4.78, 5) is 35.0. The van der Waals surface area contributed by atoms with Crippen LogP contribution in [-0.4, -0.2) is 39.8 Å². The Morgan fingerprint density at radius 3 is 2.44 bits per heavy atom. The summed E-state index contributed by atoms with van der Waals surface area (Å²) in [6, 6.07) is 23.0. The second kappa shape index (κ2) is 10.6. The number of H-pyrrole nitrogens is 1. The summed E-state index contributed by atoms with van der Waals surface area (Å²) in [5.41, 5.74) is 5.10. The summed E-state index contributed by atoms with van der Waals surface area (Å²) in [6.45, 7) is 4.35. The molecule has 174 valence electrons. The number of rotatable bonds is 8. The van der Waals surface area contributed by atoms with Crippen molar-refractivity contribution in [2.24, 2.45) is 0 Å². The molecule has 0 fully saturated rings. The molecule has 1 heterocycles. The molecule has 0 saturated carbocycles. The van der Waals surface area contributed by atoms with Crippen molar-refractivity contribution in [3.05, 3.63) is 95.1 Å². The van der Waals surface area contributed by atoms with E-state index in [1.165, 1.54) is 0 Å². The molecule has 0 aliphatic heterocycles. The van der Waals surface area contributed by atoms with Crippen LogP contribution in [0.2, 0.25) is 0 Å². The number of hydrogen-bond acceptors (Lipinski definition) is 4. The van der Waals surface area contributed by atoms with E-state index < -0.39 is 0 Å². The van der Waals surface area contributed by atoms with Crippen LogP contribution >= 0.6 is 11.8 Å². The van der Waals surface area contributed by atoms with Gasteiger partial charge in [0.15, 0.2) is 5.16 Å². The highest BCUT2D eigenvalue weighted by atomic mass is 32.2. The lowest BCUT2D eigenvalue weighted by Gasteiger charge is -2.21. The number of fused-ring (bicyclic) bond motifs is 1. The van der Waals surface area contributed by atoms with Crippen LogP contribution in [0, 0.1) is 0 Å². The fourth-order valence-electron chi connectivity index (χ4n) is 3.49. The summed E-state index contributed by atoms with van der Waals surface area (Å²) in [7, 11) is 1.80. The van der Waals surface area contributed by atoms with Crippen molar-refractivity contribution in [1.82, 2.24) is 20.2 Å². The van der Waals surface area contributed by atoms with Crippen molar-refractivity contribution >= 4 is 34.6 Å². The van der Waals surface area contributed by atoms with Crippen LogP contribution < -0.4 is 5.32 Å². The predicted octanol–water partition coefficient (Wildman–Crippen LogP) is 5.27. The molecule has 2 amide bonds. The minimum Gasteiger partial charge on any atom is -0.348 e. The SMILES string of the molecule is CC(C)N(C)C(=O)c1ccc(CNC(=O)c2ccccc2CSc2nc3ccccc3[nH]2)cc1. The number of thioether (sulfide) groups is 1. The maximum absolute atomic E-state index is 12.9. The van der Waals surface area contributed by atoms with Gasteiger partial charge in [-0.25, -0.2) is 4.98 Å². The van der Waals surface area contributed by atoms with E-state index in [-0.39, 0.29) is 17.9 Å². The van der Waals surface area contributed by atoms with Crippen LogP contribution in [0.4, 0.5) is 0 Å². The van der Waals surface area contributed by atoms with Crippen molar-refractivity contribution < 1.29 is 9.59 Å². The molecule has 0 aliphatic carbocycles. The van der Waals surface area contributed by atoms with Gasteiger partial charge in [-0.3, -0.25) is 9.59 Å². The maximum atomic E-state index is 12.9. The molecule has 0 spiro atoms. The Morgan fingerprint density at radius 1 is 1.00 bits per heavy atom. The monoisotopic (exact) mass is 472 g/mol. The van der Waals surface area contributed by atoms with Gasteiger partial charge in [0.05, 0.1) is 11.0 Å². The molecule has 0 unspecified atom stereocenters. The van der Waals surface area contributed by atoms with E-state index >= 15 is 0 Å². The Labute approximate surface area is 203 Å². The first-order chi connectivity index (χ1) is 16.4. The zero-order chi connectivity index (χ0) is 24.1. The summed E-state index contributed by atoms with van der Waals surface area (Å²) in [5, 5.41) is 3.83. The lowest BCUT2D eigenvalue weighted by Crippen LogP contribution is -2.32. The van der Waals surface area contributed by atoms with E-state index in [2.05, 4.69) is 15.3 Å². The van der Waals surface area contributed by atoms with Crippen LogP contribution in [0.1, 0.15) is 45.7 Å². The van der Waals surface area contributed by atoms with E-state index in [9.17, 15) is 9.59 Å². The zero-order valence-electron chi connectivity index (χ0n) is 19.5. The van der Waals surface area contributed by atoms with Gasteiger partial charge in [-0.2, -0.15) is 0 Å². The number of nitrogens with one attached hydrogen (secondary N) is 2. The lowest BCUT2D eigenvalue weighted by atomic mass is 10.1. The maximum Gasteiger partial charge on any atom is 0.253 e. The molecule has 0 bridgehead atoms. The van der Waals surface area contributed by atoms with Gasteiger partial charge in [0.1, 0.15) is 0 Å². The van der Waals surface area contributed by atoms with Crippen LogP contribution in [-0.2, 0) is 12.3 Å². The van der Waals surface area contributed by atoms with Gasteiger partial charge in [-0.05, 0) is 55.3 Å². The molecule has 7 heteroatoms. The second-order valence-electron chi connectivity index (χ2n) is 8.39. The summed E-state index contributed by atoms with van der Waals surface area (Å²) < 4.78 is 0. The van der Waals surface area contributed by atoms with Gasteiger partial charge in [0, 0.05) is 36.5 Å². The Hall–Kier alpha value is -3.58. The van der Waals surface area contributed by atoms with Crippen molar-refractivity contribution in [3.63, 3.8) is 0 Å². The highest BCUT2D eigenvalue weighted by Gasteiger charge is 2.15. The van der Waals surface area contributed by atoms with Gasteiger partial charge < -0.3 is 15.2 Å². The van der Waals surface area contributed by atoms with Crippen molar-refractivity contribution in [2.75, 3.05) is 7.05 Å². The molecule has 0 atom stereocenters. The summed E-state index contributed by atoms with van der Waals surface area (Å²) >= 11 is 1.57. The average Bonchev–Trinajstić information content (AvgIpc) is 3.28. The second-order valence-corrected chi connectivity index (χ2v) is 9.36. The van der Waals surface area contributed by atoms with Gasteiger partial charge in [-0.1, -0.05) is 54.2 Å². The van der Waals surface area contributed by atoms with Gasteiger partial charge in [0.25, 0.3) is 11.8 Å². The molecule has 34 heavy (non-hydrogen) atoms. The Morgan fingerprint density at radius 2 is 1.71 bits per heavy atom. The third-order valence-electron chi connectivity index (χ3n) is 5.74. The number of aromatic nitrogens is 2. The van der Waals surface area contributed by atoms with E-state index in [0.29, 0.717) is 23.4 Å². The number of amides is 2. The number of aromatic amines is 1. The molecule has 4 aromatic rings. The van der Waals surface area contributed by atoms with Gasteiger partial charge >= 0.3 is 0 Å². The predicted molar refractivity (Wildman–Crippen MR) is 137 cm³/mol. The number of benzene rings is 3. The van der Waals surface area contributed by atoms with Crippen LogP contribution in [0.15, 0.2) is 78.0 Å². The molecule has 0 radical (unpaired) electrons. The molecule has 1 aromatic heterocycles. The number of hydrogen-bond donors (Lipinski definition) is 2. The Bertz CT molecular complexity index is 1260. The van der Waals surface area contributed by atoms with Crippen molar-refractivity contribution in [2.45, 2.75) is 37.3 Å². The third-order valence-corrected chi connectivity index (χ3v) is 6.67. The van der Waals surface area contributed by atoms with Gasteiger partial charge in [-0.15, -0.1) is 0 Å². The number of imidazole rings is 1. The highest BCUT2D eigenvalue weighted by molar-refractivity contribution is 7.98. The summed E-state index contributed by atoms with van der Waals surface area (Å²) in [6.07, 6.45) is 0. The Kier molecular flexibility index (Phi) is 7.33. The molecule has 0 saturated heterocycles. The smallest absolute Gasteiger partial charge is 0.253 e. The topological polar surface area (TPSA) is 78.1 Å². The van der Waals surface area contributed by atoms with E-state index in [1.807, 2.05) is 74.5 Å². The number of carbonyl (C=O) groups is 2. The van der Waals surface area contributed by atoms with E-state index in [0.717, 1.165) is 27.3 Å². The number of nitrogens with zero attached hydrogens (tertiary/aromatic N) is 2. The molecule has 6 nitrogen and oxygen atoms in total. The summed E-state index contributed by atoms with van der Waals surface area (Å²) in [5.74, 6) is 0.491. The van der Waals surface area contributed by atoms with Crippen LogP contribution in [0.3, 0.4) is 0 Å². The standard InChI is InChI=1S/C27H28N4O2S/c1-18(2)31(3)26(33)20-14-12-19(13-15-20)16-28-25(32)22-9-5-4-8-21(22)17-34-27-29-23-10-6-7-11-24(23)30-27/h4-15,18H,16-17H2,1-3H3,(H,28,32)(H,29,30). The minimum atomic E-state index is -0.125. The molecule has 0 aliphatic rings. The highest BCUT2D eigenvalue weighted by Crippen LogP contribution is 2.24. The van der Waals surface area contributed by atoms with E-state index in [1.54, 1.807) is 35.8 Å². The lowest BCUT2D eigenvalue weighted by molar-refractivity contribution is 0.0754. The van der Waals surface area contributed by atoms with Crippen LogP contribution in [0.25, 0.3) is 11.0 Å². The van der Waals surface area contributed by atoms with E-state index in [4.69, 9.17) is 0 Å². The fraction of sp³-hybridized carbons (Fsp3) is 0.222. The fourth-order valence-corrected chi connectivity index (χ4v) is 4.38. The Balaban J connectivity index is 1.37. The largest absolute Gasteiger partial charge is 0.348 e. The molecular weight excluding hydrogens is 444 g/mol. The average molecular weight is 473 g/mol. The molecular formula is C27H28N4O2S. The molecule has 4 rings (SSSR count). The molecule has 3 aromatic carbocycles. The first-order valence-electron chi connectivity index (χ1n) is 11.2.